The lowest BCUT2D eigenvalue weighted by molar-refractivity contribution is -0.386. The van der Waals surface area contributed by atoms with Crippen molar-refractivity contribution in [3.05, 3.63) is 51.8 Å². The van der Waals surface area contributed by atoms with Crippen molar-refractivity contribution in [3.63, 3.8) is 0 Å². The monoisotopic (exact) mass is 361 g/mol. The summed E-state index contributed by atoms with van der Waals surface area (Å²) in [5, 5.41) is 14.3. The van der Waals surface area contributed by atoms with E-state index in [-0.39, 0.29) is 22.8 Å². The Hall–Kier alpha value is -3.36. The molecule has 2 rings (SSSR count). The number of rotatable bonds is 7. The number of nitrogens with zero attached hydrogens (tertiary/aromatic N) is 2. The van der Waals surface area contributed by atoms with Crippen LogP contribution in [-0.4, -0.2) is 37.1 Å². The molecule has 0 bridgehead atoms. The smallest absolute Gasteiger partial charge is 0.327 e. The van der Waals surface area contributed by atoms with E-state index in [1.54, 1.807) is 31.5 Å². The highest BCUT2D eigenvalue weighted by Crippen LogP contribution is 2.46. The van der Waals surface area contributed by atoms with E-state index in [0.717, 1.165) is 5.56 Å². The van der Waals surface area contributed by atoms with Crippen LogP contribution in [0.5, 0.6) is 17.2 Å². The second kappa shape index (κ2) is 8.15. The second-order valence-electron chi connectivity index (χ2n) is 5.28. The van der Waals surface area contributed by atoms with Crippen LogP contribution < -0.4 is 19.5 Å². The van der Waals surface area contributed by atoms with Gasteiger partial charge in [-0.1, -0.05) is 6.07 Å². The number of nitro benzene ring substituents is 1. The molecule has 1 N–H and O–H groups in total. The molecule has 1 aromatic heterocycles. The lowest BCUT2D eigenvalue weighted by Gasteiger charge is -2.17. The topological polar surface area (TPSA) is 113 Å². The van der Waals surface area contributed by atoms with Gasteiger partial charge in [-0.2, -0.15) is 0 Å². The van der Waals surface area contributed by atoms with Crippen LogP contribution in [0.4, 0.5) is 5.69 Å². The lowest BCUT2D eigenvalue weighted by Crippen LogP contribution is -2.27. The molecule has 1 unspecified atom stereocenters. The first-order valence-electron chi connectivity index (χ1n) is 7.62. The normalized spacial score (nSPS) is 11.4. The van der Waals surface area contributed by atoms with E-state index in [4.69, 9.17) is 14.2 Å². The number of carbonyl (C=O) groups is 1. The maximum absolute atomic E-state index is 12.7. The molecule has 0 aliphatic carbocycles. The molecule has 1 aromatic carbocycles. The Morgan fingerprint density at radius 1 is 1.23 bits per heavy atom. The first-order valence-corrected chi connectivity index (χ1v) is 7.62. The van der Waals surface area contributed by atoms with Crippen LogP contribution in [0.1, 0.15) is 28.9 Å². The average molecular weight is 361 g/mol. The van der Waals surface area contributed by atoms with Crippen molar-refractivity contribution in [2.24, 2.45) is 0 Å². The van der Waals surface area contributed by atoms with E-state index >= 15 is 0 Å². The number of hydrogen-bond acceptors (Lipinski definition) is 7. The van der Waals surface area contributed by atoms with Crippen molar-refractivity contribution in [3.8, 4) is 17.2 Å². The number of benzene rings is 1. The van der Waals surface area contributed by atoms with Crippen LogP contribution in [0.2, 0.25) is 0 Å². The lowest BCUT2D eigenvalue weighted by atomic mass is 10.1. The zero-order chi connectivity index (χ0) is 19.3. The number of methoxy groups -OCH3 is 3. The molecule has 0 aliphatic heterocycles. The predicted octanol–water partition coefficient (Wildman–Crippen LogP) is 2.51. The summed E-state index contributed by atoms with van der Waals surface area (Å²) in [4.78, 5) is 27.6. The molecule has 1 heterocycles. The third-order valence-corrected chi connectivity index (χ3v) is 3.76. The van der Waals surface area contributed by atoms with Crippen molar-refractivity contribution in [2.45, 2.75) is 13.0 Å². The number of amides is 1. The molecule has 9 heteroatoms. The number of carbonyl (C=O) groups excluding carboxylic acids is 1. The van der Waals surface area contributed by atoms with E-state index < -0.39 is 22.6 Å². The molecule has 1 amide bonds. The van der Waals surface area contributed by atoms with Crippen LogP contribution in [0.3, 0.4) is 0 Å². The first-order chi connectivity index (χ1) is 12.4. The highest BCUT2D eigenvalue weighted by Gasteiger charge is 2.32. The molecular weight excluding hydrogens is 342 g/mol. The van der Waals surface area contributed by atoms with E-state index in [1.165, 1.54) is 27.4 Å². The third kappa shape index (κ3) is 3.66. The third-order valence-electron chi connectivity index (χ3n) is 3.76. The summed E-state index contributed by atoms with van der Waals surface area (Å²) in [5.41, 5.74) is 0.0669. The van der Waals surface area contributed by atoms with Crippen LogP contribution in [0.15, 0.2) is 30.6 Å². The summed E-state index contributed by atoms with van der Waals surface area (Å²) in [6, 6.07) is 4.38. The maximum Gasteiger partial charge on any atom is 0.327 e. The maximum atomic E-state index is 12.7. The molecule has 138 valence electrons. The summed E-state index contributed by atoms with van der Waals surface area (Å²) in [6.07, 6.45) is 3.22. The SMILES string of the molecule is COc1cc(C(=O)NC(C)c2cccnc2)c([N+](=O)[O-])c(OC)c1OC. The number of aromatic nitrogens is 1. The molecule has 0 fully saturated rings. The van der Waals surface area contributed by atoms with Gasteiger partial charge in [0.1, 0.15) is 5.56 Å². The summed E-state index contributed by atoms with van der Waals surface area (Å²) in [5.74, 6) is -0.643. The zero-order valence-corrected chi connectivity index (χ0v) is 14.8. The molecule has 0 spiro atoms. The molecular formula is C17H19N3O6. The van der Waals surface area contributed by atoms with Gasteiger partial charge in [0.25, 0.3) is 5.91 Å². The van der Waals surface area contributed by atoms with Crippen LogP contribution >= 0.6 is 0 Å². The first kappa shape index (κ1) is 19.0. The number of nitro groups is 1. The van der Waals surface area contributed by atoms with Gasteiger partial charge in [-0.25, -0.2) is 0 Å². The zero-order valence-electron chi connectivity index (χ0n) is 14.8. The minimum atomic E-state index is -0.690. The number of hydrogen-bond donors (Lipinski definition) is 1. The average Bonchev–Trinajstić information content (AvgIpc) is 2.66. The Morgan fingerprint density at radius 3 is 2.42 bits per heavy atom. The molecule has 26 heavy (non-hydrogen) atoms. The number of nitrogens with one attached hydrogen (secondary N) is 1. The van der Waals surface area contributed by atoms with Gasteiger partial charge in [0, 0.05) is 18.5 Å². The fourth-order valence-corrected chi connectivity index (χ4v) is 2.49. The number of pyridine rings is 1. The van der Waals surface area contributed by atoms with E-state index in [1.807, 2.05) is 0 Å². The van der Waals surface area contributed by atoms with Gasteiger partial charge in [0.05, 0.1) is 32.3 Å². The highest BCUT2D eigenvalue weighted by atomic mass is 16.6. The second-order valence-corrected chi connectivity index (χ2v) is 5.28. The van der Waals surface area contributed by atoms with Crippen molar-refractivity contribution < 1.29 is 23.9 Å². The summed E-state index contributed by atoms with van der Waals surface area (Å²) in [6.45, 7) is 1.75. The minimum absolute atomic E-state index is 0.0403. The van der Waals surface area contributed by atoms with Gasteiger partial charge in [-0.15, -0.1) is 0 Å². The van der Waals surface area contributed by atoms with Crippen LogP contribution in [0.25, 0.3) is 0 Å². The summed E-state index contributed by atoms with van der Waals surface area (Å²) in [7, 11) is 3.95. The Labute approximate surface area is 150 Å². The van der Waals surface area contributed by atoms with Gasteiger partial charge in [-0.3, -0.25) is 19.9 Å². The van der Waals surface area contributed by atoms with Crippen LogP contribution in [0, 0.1) is 10.1 Å². The van der Waals surface area contributed by atoms with E-state index in [2.05, 4.69) is 10.3 Å². The van der Waals surface area contributed by atoms with Gasteiger partial charge < -0.3 is 19.5 Å². The quantitative estimate of drug-likeness (QED) is 0.595. The molecule has 2 aromatic rings. The number of ether oxygens (including phenoxy) is 3. The minimum Gasteiger partial charge on any atom is -0.493 e. The van der Waals surface area contributed by atoms with Crippen molar-refractivity contribution in [1.29, 1.82) is 0 Å². The molecule has 0 saturated heterocycles. The fraction of sp³-hybridized carbons (Fsp3) is 0.294. The van der Waals surface area contributed by atoms with Crippen molar-refractivity contribution in [1.82, 2.24) is 10.3 Å². The Balaban J connectivity index is 2.50. The van der Waals surface area contributed by atoms with E-state index in [0.29, 0.717) is 0 Å². The standard InChI is InChI=1S/C17H19N3O6/c1-10(11-6-5-7-18-9-11)19-17(21)12-8-13(24-2)15(25-3)16(26-4)14(12)20(22)23/h5-10H,1-4H3,(H,19,21). The van der Waals surface area contributed by atoms with Gasteiger partial charge >= 0.3 is 5.69 Å². The highest BCUT2D eigenvalue weighted by molar-refractivity contribution is 6.00. The largest absolute Gasteiger partial charge is 0.493 e. The molecule has 1 atom stereocenters. The predicted molar refractivity (Wildman–Crippen MR) is 92.9 cm³/mol. The summed E-state index contributed by atoms with van der Waals surface area (Å²) < 4.78 is 15.4. The van der Waals surface area contributed by atoms with Gasteiger partial charge in [0.2, 0.25) is 11.5 Å². The van der Waals surface area contributed by atoms with Crippen molar-refractivity contribution in [2.75, 3.05) is 21.3 Å². The molecule has 0 saturated carbocycles. The summed E-state index contributed by atoms with van der Waals surface area (Å²) >= 11 is 0. The van der Waals surface area contributed by atoms with Gasteiger partial charge in [0.15, 0.2) is 5.75 Å². The van der Waals surface area contributed by atoms with E-state index in [9.17, 15) is 14.9 Å². The fourth-order valence-electron chi connectivity index (χ4n) is 2.49. The Morgan fingerprint density at radius 2 is 1.92 bits per heavy atom. The molecule has 0 aliphatic rings. The van der Waals surface area contributed by atoms with Crippen LogP contribution in [-0.2, 0) is 0 Å². The van der Waals surface area contributed by atoms with Crippen molar-refractivity contribution >= 4 is 11.6 Å². The molecule has 0 radical (unpaired) electrons. The Bertz CT molecular complexity index is 810. The molecule has 9 nitrogen and oxygen atoms in total. The Kier molecular flexibility index (Phi) is 5.94. The van der Waals surface area contributed by atoms with Gasteiger partial charge in [-0.05, 0) is 18.6 Å².